The zero-order valence-electron chi connectivity index (χ0n) is 12.6. The highest BCUT2D eigenvalue weighted by atomic mass is 35.5. The van der Waals surface area contributed by atoms with Gasteiger partial charge in [-0.15, -0.1) is 0 Å². The van der Waals surface area contributed by atoms with E-state index in [1.807, 2.05) is 13.8 Å². The first-order valence-corrected chi connectivity index (χ1v) is 7.86. The van der Waals surface area contributed by atoms with Crippen LogP contribution >= 0.6 is 11.6 Å². The molecular formula is C16H18ClN3O2. The highest BCUT2D eigenvalue weighted by Crippen LogP contribution is 2.39. The minimum absolute atomic E-state index is 0.0762. The average Bonchev–Trinajstić information content (AvgIpc) is 3.01. The standard InChI is InChI=1S/C16H18ClN3O2/c1-3-11-15-13(21)6-7-19(15)16(22)20(11)12-5-4-10(8-18)14(17)9(12)2/h4-5,11,13,15,21H,3,6-7H2,1-2H3/t11?,13-,15+/m0/s1. The van der Waals surface area contributed by atoms with Crippen LogP contribution < -0.4 is 4.90 Å². The number of fused-ring (bicyclic) bond motifs is 1. The van der Waals surface area contributed by atoms with E-state index in [1.165, 1.54) is 0 Å². The van der Waals surface area contributed by atoms with Crippen LogP contribution in [0.15, 0.2) is 12.1 Å². The van der Waals surface area contributed by atoms with E-state index in [2.05, 4.69) is 6.07 Å². The summed E-state index contributed by atoms with van der Waals surface area (Å²) >= 11 is 6.24. The fourth-order valence-electron chi connectivity index (χ4n) is 3.65. The van der Waals surface area contributed by atoms with Crippen LogP contribution in [0.25, 0.3) is 0 Å². The first kappa shape index (κ1) is 15.1. The molecule has 1 N–H and O–H groups in total. The Kier molecular flexibility index (Phi) is 3.75. The summed E-state index contributed by atoms with van der Waals surface area (Å²) in [6, 6.07) is 5.14. The highest BCUT2D eigenvalue weighted by Gasteiger charge is 2.52. The average molecular weight is 320 g/mol. The van der Waals surface area contributed by atoms with Gasteiger partial charge in [-0.1, -0.05) is 18.5 Å². The number of carbonyl (C=O) groups excluding carboxylic acids is 1. The van der Waals surface area contributed by atoms with Crippen LogP contribution in [0.3, 0.4) is 0 Å². The molecule has 3 atom stereocenters. The second-order valence-corrected chi connectivity index (χ2v) is 6.23. The molecule has 5 nitrogen and oxygen atoms in total. The molecule has 116 valence electrons. The van der Waals surface area contributed by atoms with Gasteiger partial charge in [0.05, 0.1) is 34.5 Å². The maximum Gasteiger partial charge on any atom is 0.325 e. The minimum Gasteiger partial charge on any atom is -0.391 e. The molecule has 2 fully saturated rings. The Hall–Kier alpha value is -1.77. The molecule has 2 amide bonds. The molecule has 0 bridgehead atoms. The van der Waals surface area contributed by atoms with E-state index in [0.717, 1.165) is 17.7 Å². The van der Waals surface area contributed by atoms with Crippen molar-refractivity contribution in [2.75, 3.05) is 11.4 Å². The summed E-state index contributed by atoms with van der Waals surface area (Å²) in [5, 5.41) is 19.6. The van der Waals surface area contributed by atoms with Crippen molar-refractivity contribution in [3.05, 3.63) is 28.3 Å². The zero-order valence-corrected chi connectivity index (χ0v) is 13.3. The molecule has 1 unspecified atom stereocenters. The Morgan fingerprint density at radius 3 is 2.86 bits per heavy atom. The highest BCUT2D eigenvalue weighted by molar-refractivity contribution is 6.33. The Morgan fingerprint density at radius 1 is 1.50 bits per heavy atom. The van der Waals surface area contributed by atoms with Gasteiger partial charge in [0.1, 0.15) is 6.07 Å². The molecule has 1 aromatic carbocycles. The van der Waals surface area contributed by atoms with Gasteiger partial charge in [0.15, 0.2) is 0 Å². The number of hydrogen-bond donors (Lipinski definition) is 1. The van der Waals surface area contributed by atoms with Crippen LogP contribution in [0, 0.1) is 18.3 Å². The number of anilines is 1. The second-order valence-electron chi connectivity index (χ2n) is 5.85. The van der Waals surface area contributed by atoms with Crippen LogP contribution in [0.5, 0.6) is 0 Å². The van der Waals surface area contributed by atoms with Crippen LogP contribution in [0.1, 0.15) is 30.9 Å². The van der Waals surface area contributed by atoms with Gasteiger partial charge in [0.2, 0.25) is 0 Å². The quantitative estimate of drug-likeness (QED) is 0.911. The van der Waals surface area contributed by atoms with Gasteiger partial charge in [-0.25, -0.2) is 4.79 Å². The van der Waals surface area contributed by atoms with Crippen molar-refractivity contribution in [2.45, 2.75) is 44.9 Å². The third kappa shape index (κ3) is 1.98. The van der Waals surface area contributed by atoms with E-state index in [-0.39, 0.29) is 18.1 Å². The Labute approximate surface area is 134 Å². The van der Waals surface area contributed by atoms with Gasteiger partial charge in [0.25, 0.3) is 0 Å². The van der Waals surface area contributed by atoms with E-state index in [4.69, 9.17) is 16.9 Å². The van der Waals surface area contributed by atoms with Crippen molar-refractivity contribution in [2.24, 2.45) is 0 Å². The van der Waals surface area contributed by atoms with Crippen LogP contribution in [-0.2, 0) is 0 Å². The van der Waals surface area contributed by atoms with E-state index < -0.39 is 6.10 Å². The van der Waals surface area contributed by atoms with Gasteiger partial charge in [-0.3, -0.25) is 4.90 Å². The maximum atomic E-state index is 12.8. The molecule has 1 aromatic rings. The van der Waals surface area contributed by atoms with Gasteiger partial charge in [-0.2, -0.15) is 5.26 Å². The summed E-state index contributed by atoms with van der Waals surface area (Å²) in [4.78, 5) is 16.2. The van der Waals surface area contributed by atoms with Gasteiger partial charge < -0.3 is 10.0 Å². The van der Waals surface area contributed by atoms with E-state index in [1.54, 1.807) is 21.9 Å². The molecule has 0 aromatic heterocycles. The van der Waals surface area contributed by atoms with E-state index in [9.17, 15) is 9.90 Å². The predicted molar refractivity (Wildman–Crippen MR) is 84.0 cm³/mol. The molecule has 0 aliphatic carbocycles. The number of benzene rings is 1. The lowest BCUT2D eigenvalue weighted by molar-refractivity contribution is 0.129. The first-order valence-electron chi connectivity index (χ1n) is 7.48. The monoisotopic (exact) mass is 319 g/mol. The summed E-state index contributed by atoms with van der Waals surface area (Å²) in [6.45, 7) is 4.42. The second kappa shape index (κ2) is 5.45. The van der Waals surface area contributed by atoms with Crippen LogP contribution in [-0.4, -0.2) is 40.8 Å². The van der Waals surface area contributed by atoms with Gasteiger partial charge in [0, 0.05) is 6.54 Å². The van der Waals surface area contributed by atoms with E-state index >= 15 is 0 Å². The molecule has 0 saturated carbocycles. The fourth-order valence-corrected chi connectivity index (χ4v) is 3.85. The molecule has 6 heteroatoms. The Bertz CT molecular complexity index is 670. The van der Waals surface area contributed by atoms with Crippen molar-refractivity contribution in [1.82, 2.24) is 4.90 Å². The van der Waals surface area contributed by atoms with Crippen molar-refractivity contribution in [3.63, 3.8) is 0 Å². The van der Waals surface area contributed by atoms with Crippen molar-refractivity contribution >= 4 is 23.3 Å². The summed E-state index contributed by atoms with van der Waals surface area (Å²) in [5.41, 5.74) is 1.86. The zero-order chi connectivity index (χ0) is 16.0. The number of hydrogen-bond acceptors (Lipinski definition) is 3. The molecular weight excluding hydrogens is 302 g/mol. The van der Waals surface area contributed by atoms with Gasteiger partial charge >= 0.3 is 6.03 Å². The first-order chi connectivity index (χ1) is 10.5. The smallest absolute Gasteiger partial charge is 0.325 e. The number of aliphatic hydroxyl groups is 1. The molecule has 2 aliphatic rings. The number of amides is 2. The molecule has 22 heavy (non-hydrogen) atoms. The van der Waals surface area contributed by atoms with Crippen molar-refractivity contribution in [3.8, 4) is 6.07 Å². The normalized spacial score (nSPS) is 27.2. The molecule has 3 rings (SSSR count). The van der Waals surface area contributed by atoms with Gasteiger partial charge in [-0.05, 0) is 37.5 Å². The SMILES string of the molecule is CCC1[C@@H]2[C@@H](O)CCN2C(=O)N1c1ccc(C#N)c(Cl)c1C. The van der Waals surface area contributed by atoms with Crippen LogP contribution in [0.2, 0.25) is 5.02 Å². The Balaban J connectivity index is 2.07. The predicted octanol–water partition coefficient (Wildman–Crippen LogP) is 2.67. The lowest BCUT2D eigenvalue weighted by atomic mass is 10.00. The largest absolute Gasteiger partial charge is 0.391 e. The van der Waals surface area contributed by atoms with E-state index in [0.29, 0.717) is 23.6 Å². The molecule has 0 spiro atoms. The van der Waals surface area contributed by atoms with Crippen molar-refractivity contribution in [1.29, 1.82) is 5.26 Å². The minimum atomic E-state index is -0.479. The lowest BCUT2D eigenvalue weighted by Crippen LogP contribution is -2.41. The number of rotatable bonds is 2. The number of nitrogens with zero attached hydrogens (tertiary/aromatic N) is 3. The fraction of sp³-hybridized carbons (Fsp3) is 0.500. The number of urea groups is 1. The lowest BCUT2D eigenvalue weighted by Gasteiger charge is -2.28. The molecule has 2 saturated heterocycles. The Morgan fingerprint density at radius 2 is 2.23 bits per heavy atom. The molecule has 0 radical (unpaired) electrons. The van der Waals surface area contributed by atoms with Crippen molar-refractivity contribution < 1.29 is 9.90 Å². The number of halogens is 1. The molecule has 2 aliphatic heterocycles. The number of nitriles is 1. The topological polar surface area (TPSA) is 67.6 Å². The third-order valence-corrected chi connectivity index (χ3v) is 5.24. The summed E-state index contributed by atoms with van der Waals surface area (Å²) in [7, 11) is 0. The maximum absolute atomic E-state index is 12.8. The summed E-state index contributed by atoms with van der Waals surface area (Å²) in [5.74, 6) is 0. The molecule has 2 heterocycles. The summed E-state index contributed by atoms with van der Waals surface area (Å²) < 4.78 is 0. The summed E-state index contributed by atoms with van der Waals surface area (Å²) in [6.07, 6.45) is 0.905. The van der Waals surface area contributed by atoms with Crippen LogP contribution in [0.4, 0.5) is 10.5 Å². The third-order valence-electron chi connectivity index (χ3n) is 4.75. The number of carbonyl (C=O) groups is 1. The number of aliphatic hydroxyl groups excluding tert-OH is 1.